The molecule has 0 aromatic heterocycles. The van der Waals surface area contributed by atoms with E-state index in [-0.39, 0.29) is 22.5 Å². The van der Waals surface area contributed by atoms with Crippen molar-refractivity contribution in [3.8, 4) is 0 Å². The van der Waals surface area contributed by atoms with Gasteiger partial charge in [-0.3, -0.25) is 13.8 Å². The molecule has 108 valence electrons. The van der Waals surface area contributed by atoms with E-state index in [1.165, 1.54) is 17.0 Å². The van der Waals surface area contributed by atoms with Gasteiger partial charge in [-0.25, -0.2) is 4.39 Å². The molecule has 1 heterocycles. The lowest BCUT2D eigenvalue weighted by atomic mass is 10.1. The summed E-state index contributed by atoms with van der Waals surface area (Å²) in [5.74, 6) is -0.902. The number of rotatable bonds is 3. The van der Waals surface area contributed by atoms with Crippen LogP contribution in [-0.2, 0) is 20.4 Å². The number of halogens is 2. The molecule has 0 bridgehead atoms. The first-order valence-corrected chi connectivity index (χ1v) is 7.80. The number of hydrogen-bond donors (Lipinski definition) is 0. The fourth-order valence-corrected chi connectivity index (χ4v) is 3.20. The summed E-state index contributed by atoms with van der Waals surface area (Å²) in [5.41, 5.74) is 0. The minimum atomic E-state index is -1.57. The molecule has 1 aliphatic heterocycles. The highest BCUT2D eigenvalue weighted by Crippen LogP contribution is 2.19. The van der Waals surface area contributed by atoms with E-state index in [9.17, 15) is 18.2 Å². The van der Waals surface area contributed by atoms with Crippen LogP contribution in [0.2, 0.25) is 5.02 Å². The number of hydrogen-bond acceptors (Lipinski definition) is 3. The molecule has 0 N–H and O–H groups in total. The Balaban J connectivity index is 1.98. The zero-order chi connectivity index (χ0) is 14.7. The maximum Gasteiger partial charge on any atom is 0.235 e. The molecule has 1 saturated heterocycles. The number of likely N-dealkylation sites (tertiary alicyclic amines) is 1. The Morgan fingerprint density at radius 3 is 2.60 bits per heavy atom. The van der Waals surface area contributed by atoms with Crippen LogP contribution in [0.5, 0.6) is 0 Å². The molecule has 0 saturated carbocycles. The van der Waals surface area contributed by atoms with Gasteiger partial charge in [0, 0.05) is 30.8 Å². The lowest BCUT2D eigenvalue weighted by Gasteiger charge is -2.25. The predicted molar refractivity (Wildman–Crippen MR) is 73.5 cm³/mol. The van der Waals surface area contributed by atoms with Crippen molar-refractivity contribution in [2.45, 2.75) is 17.7 Å². The fourth-order valence-electron chi connectivity index (χ4n) is 1.91. The standard InChI is InChI=1S/C13H13ClFNO3S/c14-11-7-10(1-2-12(11)15)20(19)8-13(18)16-5-3-9(17)4-6-16/h1-2,7H,3-6,8H2. The highest BCUT2D eigenvalue weighted by molar-refractivity contribution is 7.85. The molecule has 4 nitrogen and oxygen atoms in total. The Kier molecular flexibility index (Phi) is 4.88. The first-order chi connectivity index (χ1) is 9.47. The minimum Gasteiger partial charge on any atom is -0.341 e. The third-order valence-electron chi connectivity index (χ3n) is 3.08. The van der Waals surface area contributed by atoms with Gasteiger partial charge in [0.1, 0.15) is 17.4 Å². The number of nitrogens with zero attached hydrogens (tertiary/aromatic N) is 1. The van der Waals surface area contributed by atoms with Crippen LogP contribution in [0.4, 0.5) is 4.39 Å². The van der Waals surface area contributed by atoms with Gasteiger partial charge < -0.3 is 4.90 Å². The van der Waals surface area contributed by atoms with Crippen LogP contribution in [0.1, 0.15) is 12.8 Å². The summed E-state index contributed by atoms with van der Waals surface area (Å²) in [6.45, 7) is 0.748. The number of ketones is 1. The number of piperidine rings is 1. The molecule has 1 amide bonds. The lowest BCUT2D eigenvalue weighted by molar-refractivity contribution is -0.132. The molecule has 0 aliphatic carbocycles. The van der Waals surface area contributed by atoms with E-state index in [2.05, 4.69) is 0 Å². The Hall–Kier alpha value is -1.27. The topological polar surface area (TPSA) is 54.5 Å². The zero-order valence-electron chi connectivity index (χ0n) is 10.6. The van der Waals surface area contributed by atoms with Crippen molar-refractivity contribution in [2.24, 2.45) is 0 Å². The van der Waals surface area contributed by atoms with Gasteiger partial charge in [0.25, 0.3) is 0 Å². The lowest BCUT2D eigenvalue weighted by Crippen LogP contribution is -2.40. The molecule has 1 aliphatic rings. The Morgan fingerprint density at radius 1 is 1.35 bits per heavy atom. The average molecular weight is 318 g/mol. The van der Waals surface area contributed by atoms with Gasteiger partial charge in [-0.15, -0.1) is 0 Å². The van der Waals surface area contributed by atoms with Crippen molar-refractivity contribution in [3.05, 3.63) is 29.0 Å². The summed E-state index contributed by atoms with van der Waals surface area (Å²) in [5, 5.41) is -0.119. The third kappa shape index (κ3) is 3.64. The van der Waals surface area contributed by atoms with Crippen molar-refractivity contribution in [3.63, 3.8) is 0 Å². The van der Waals surface area contributed by atoms with Crippen molar-refractivity contribution in [1.29, 1.82) is 0 Å². The number of benzene rings is 1. The van der Waals surface area contributed by atoms with Gasteiger partial charge >= 0.3 is 0 Å². The summed E-state index contributed by atoms with van der Waals surface area (Å²) in [6, 6.07) is 3.74. The quantitative estimate of drug-likeness (QED) is 0.854. The first-order valence-electron chi connectivity index (χ1n) is 6.10. The van der Waals surface area contributed by atoms with Gasteiger partial charge in [-0.05, 0) is 18.2 Å². The number of carbonyl (C=O) groups excluding carboxylic acids is 2. The Bertz CT molecular complexity index is 569. The van der Waals surface area contributed by atoms with Gasteiger partial charge in [0.15, 0.2) is 0 Å². The first kappa shape index (κ1) is 15.1. The van der Waals surface area contributed by atoms with Crippen LogP contribution >= 0.6 is 11.6 Å². The van der Waals surface area contributed by atoms with Crippen LogP contribution in [-0.4, -0.2) is 39.6 Å². The maximum atomic E-state index is 13.0. The summed E-state index contributed by atoms with van der Waals surface area (Å²) in [7, 11) is -1.57. The Labute approximate surface area is 123 Å². The van der Waals surface area contributed by atoms with Crippen molar-refractivity contribution >= 4 is 34.1 Å². The smallest absolute Gasteiger partial charge is 0.235 e. The monoisotopic (exact) mass is 317 g/mol. The van der Waals surface area contributed by atoms with E-state index < -0.39 is 16.6 Å². The minimum absolute atomic E-state index is 0.119. The maximum absolute atomic E-state index is 13.0. The van der Waals surface area contributed by atoms with Crippen LogP contribution < -0.4 is 0 Å². The summed E-state index contributed by atoms with van der Waals surface area (Å²) >= 11 is 5.62. The highest BCUT2D eigenvalue weighted by atomic mass is 35.5. The van der Waals surface area contributed by atoms with Gasteiger partial charge in [-0.1, -0.05) is 11.6 Å². The van der Waals surface area contributed by atoms with E-state index in [0.29, 0.717) is 30.8 Å². The second-order valence-electron chi connectivity index (χ2n) is 4.49. The molecule has 1 fully saturated rings. The average Bonchev–Trinajstić information content (AvgIpc) is 2.42. The van der Waals surface area contributed by atoms with Crippen molar-refractivity contribution in [2.75, 3.05) is 18.8 Å². The van der Waals surface area contributed by atoms with Gasteiger partial charge in [0.05, 0.1) is 15.8 Å². The SMILES string of the molecule is O=C1CCN(C(=O)CS(=O)c2ccc(F)c(Cl)c2)CC1. The van der Waals surface area contributed by atoms with Crippen LogP contribution in [0.25, 0.3) is 0 Å². The molecule has 2 rings (SSSR count). The molecule has 7 heteroatoms. The van der Waals surface area contributed by atoms with Crippen molar-refractivity contribution in [1.82, 2.24) is 4.90 Å². The molecular formula is C13H13ClFNO3S. The van der Waals surface area contributed by atoms with Gasteiger partial charge in [0.2, 0.25) is 5.91 Å². The number of carbonyl (C=O) groups is 2. The van der Waals surface area contributed by atoms with E-state index in [4.69, 9.17) is 11.6 Å². The summed E-state index contributed by atoms with van der Waals surface area (Å²) in [4.78, 5) is 24.9. The van der Waals surface area contributed by atoms with E-state index in [1.807, 2.05) is 0 Å². The van der Waals surface area contributed by atoms with E-state index >= 15 is 0 Å². The molecule has 0 spiro atoms. The second-order valence-corrected chi connectivity index (χ2v) is 6.34. The molecule has 20 heavy (non-hydrogen) atoms. The van der Waals surface area contributed by atoms with Gasteiger partial charge in [-0.2, -0.15) is 0 Å². The summed E-state index contributed by atoms with van der Waals surface area (Å²) in [6.07, 6.45) is 0.696. The molecule has 1 aromatic carbocycles. The van der Waals surface area contributed by atoms with Crippen LogP contribution in [0.15, 0.2) is 23.1 Å². The normalized spacial score (nSPS) is 17.1. The Morgan fingerprint density at radius 2 is 2.00 bits per heavy atom. The molecule has 1 aromatic rings. The largest absolute Gasteiger partial charge is 0.341 e. The third-order valence-corrected chi connectivity index (χ3v) is 4.66. The number of amides is 1. The molecule has 1 unspecified atom stereocenters. The molecular weight excluding hydrogens is 305 g/mol. The highest BCUT2D eigenvalue weighted by Gasteiger charge is 2.22. The van der Waals surface area contributed by atoms with Crippen molar-refractivity contribution < 1.29 is 18.2 Å². The molecule has 1 atom stereocenters. The zero-order valence-corrected chi connectivity index (χ0v) is 12.2. The predicted octanol–water partition coefficient (Wildman–Crippen LogP) is 1.78. The van der Waals surface area contributed by atoms with Crippen LogP contribution in [0.3, 0.4) is 0 Å². The van der Waals surface area contributed by atoms with E-state index in [0.717, 1.165) is 6.07 Å². The molecule has 0 radical (unpaired) electrons. The number of Topliss-reactive ketones (excluding diaryl/α,β-unsaturated/α-hetero) is 1. The van der Waals surface area contributed by atoms with Crippen LogP contribution in [0, 0.1) is 5.82 Å². The summed E-state index contributed by atoms with van der Waals surface area (Å²) < 4.78 is 25.1. The van der Waals surface area contributed by atoms with E-state index in [1.54, 1.807) is 0 Å². The fraction of sp³-hybridized carbons (Fsp3) is 0.385. The second kappa shape index (κ2) is 6.45.